The Balaban J connectivity index is 1.55. The zero-order chi connectivity index (χ0) is 25.0. The summed E-state index contributed by atoms with van der Waals surface area (Å²) in [6.07, 6.45) is 2.26. The molecule has 0 radical (unpaired) electrons. The van der Waals surface area contributed by atoms with E-state index in [0.29, 0.717) is 30.2 Å². The first-order chi connectivity index (χ1) is 16.9. The largest absolute Gasteiger partial charge is 0.492 e. The van der Waals surface area contributed by atoms with Gasteiger partial charge in [0.15, 0.2) is 0 Å². The zero-order valence-electron chi connectivity index (χ0n) is 20.8. The molecule has 0 aliphatic carbocycles. The van der Waals surface area contributed by atoms with Crippen LogP contribution in [-0.4, -0.2) is 80.6 Å². The highest BCUT2D eigenvalue weighted by atomic mass is 35.5. The standard InChI is InChI=1S/C27H37ClN4O3/c1-3-4-13-29-27(34)25(30-26(33)22-7-9-23(28)10-8-22)20-21-5-11-24(12-6-21)35-19-18-32-16-14-31(2)15-17-32/h5-12,25H,3-4,13-20H2,1-2H3,(H,29,34)(H,30,33). The predicted molar refractivity (Wildman–Crippen MR) is 140 cm³/mol. The van der Waals surface area contributed by atoms with Crippen LogP contribution in [0.5, 0.6) is 5.75 Å². The fourth-order valence-corrected chi connectivity index (χ4v) is 4.01. The normalized spacial score (nSPS) is 15.4. The van der Waals surface area contributed by atoms with E-state index < -0.39 is 6.04 Å². The van der Waals surface area contributed by atoms with Crippen LogP contribution < -0.4 is 15.4 Å². The molecule has 3 rings (SSSR count). The number of hydrogen-bond donors (Lipinski definition) is 2. The lowest BCUT2D eigenvalue weighted by Crippen LogP contribution is -2.48. The van der Waals surface area contributed by atoms with Crippen LogP contribution in [0.1, 0.15) is 35.7 Å². The van der Waals surface area contributed by atoms with Crippen LogP contribution in [0, 0.1) is 0 Å². The first-order valence-corrected chi connectivity index (χ1v) is 12.8. The van der Waals surface area contributed by atoms with Gasteiger partial charge < -0.3 is 20.3 Å². The lowest BCUT2D eigenvalue weighted by molar-refractivity contribution is -0.122. The molecule has 2 amide bonds. The van der Waals surface area contributed by atoms with Crippen LogP contribution in [0.15, 0.2) is 48.5 Å². The van der Waals surface area contributed by atoms with Gasteiger partial charge in [-0.1, -0.05) is 37.1 Å². The van der Waals surface area contributed by atoms with Crippen LogP contribution in [-0.2, 0) is 11.2 Å². The lowest BCUT2D eigenvalue weighted by Gasteiger charge is -2.32. The monoisotopic (exact) mass is 500 g/mol. The molecule has 2 aromatic carbocycles. The van der Waals surface area contributed by atoms with E-state index in [0.717, 1.165) is 56.9 Å². The Bertz CT molecular complexity index is 928. The third-order valence-corrected chi connectivity index (χ3v) is 6.45. The Morgan fingerprint density at radius 2 is 1.71 bits per heavy atom. The van der Waals surface area contributed by atoms with Crippen LogP contribution in [0.4, 0.5) is 0 Å². The number of nitrogens with zero attached hydrogens (tertiary/aromatic N) is 2. The fraction of sp³-hybridized carbons (Fsp3) is 0.481. The number of rotatable bonds is 12. The minimum absolute atomic E-state index is 0.187. The van der Waals surface area contributed by atoms with Gasteiger partial charge in [-0.2, -0.15) is 0 Å². The van der Waals surface area contributed by atoms with Gasteiger partial charge in [0.25, 0.3) is 5.91 Å². The molecule has 1 unspecified atom stereocenters. The van der Waals surface area contributed by atoms with Crippen molar-refractivity contribution in [2.24, 2.45) is 0 Å². The topological polar surface area (TPSA) is 73.9 Å². The summed E-state index contributed by atoms with van der Waals surface area (Å²) >= 11 is 5.93. The Hall–Kier alpha value is -2.61. The van der Waals surface area contributed by atoms with E-state index in [2.05, 4.69) is 34.4 Å². The number of hydrogen-bond acceptors (Lipinski definition) is 5. The number of halogens is 1. The Labute approximate surface area is 213 Å². The first kappa shape index (κ1) is 27.0. The quantitative estimate of drug-likeness (QED) is 0.438. The molecule has 8 heteroatoms. The molecule has 1 saturated heterocycles. The minimum atomic E-state index is -0.681. The van der Waals surface area contributed by atoms with Crippen molar-refractivity contribution in [3.8, 4) is 5.75 Å². The Kier molecular flexibility index (Phi) is 10.8. The number of benzene rings is 2. The van der Waals surface area contributed by atoms with E-state index in [-0.39, 0.29) is 11.8 Å². The average molecular weight is 501 g/mol. The van der Waals surface area contributed by atoms with Crippen LogP contribution in [0.3, 0.4) is 0 Å². The lowest BCUT2D eigenvalue weighted by atomic mass is 10.0. The van der Waals surface area contributed by atoms with E-state index in [1.54, 1.807) is 24.3 Å². The molecule has 7 nitrogen and oxygen atoms in total. The second-order valence-corrected chi connectivity index (χ2v) is 9.46. The van der Waals surface area contributed by atoms with Crippen molar-refractivity contribution < 1.29 is 14.3 Å². The molecule has 1 aliphatic rings. The molecular formula is C27H37ClN4O3. The summed E-state index contributed by atoms with van der Waals surface area (Å²) in [6.45, 7) is 8.54. The molecule has 1 heterocycles. The molecule has 1 fully saturated rings. The van der Waals surface area contributed by atoms with E-state index in [4.69, 9.17) is 16.3 Å². The second kappa shape index (κ2) is 14.1. The molecule has 2 N–H and O–H groups in total. The summed E-state index contributed by atoms with van der Waals surface area (Å²) in [5, 5.41) is 6.37. The molecule has 35 heavy (non-hydrogen) atoms. The maximum atomic E-state index is 12.8. The van der Waals surface area contributed by atoms with Gasteiger partial charge in [-0.05, 0) is 55.4 Å². The maximum absolute atomic E-state index is 12.8. The maximum Gasteiger partial charge on any atom is 0.251 e. The predicted octanol–water partition coefficient (Wildman–Crippen LogP) is 3.22. The van der Waals surface area contributed by atoms with Crippen molar-refractivity contribution in [3.05, 3.63) is 64.7 Å². The van der Waals surface area contributed by atoms with Crippen molar-refractivity contribution in [3.63, 3.8) is 0 Å². The average Bonchev–Trinajstić information content (AvgIpc) is 2.86. The van der Waals surface area contributed by atoms with Crippen LogP contribution >= 0.6 is 11.6 Å². The number of likely N-dealkylation sites (N-methyl/N-ethyl adjacent to an activating group) is 1. The van der Waals surface area contributed by atoms with Gasteiger partial charge in [-0.25, -0.2) is 0 Å². The zero-order valence-corrected chi connectivity index (χ0v) is 21.5. The third-order valence-electron chi connectivity index (χ3n) is 6.19. The molecule has 1 atom stereocenters. The molecule has 0 saturated carbocycles. The van der Waals surface area contributed by atoms with Gasteiger partial charge in [0, 0.05) is 56.3 Å². The number of unbranched alkanes of at least 4 members (excludes halogenated alkanes) is 1. The SMILES string of the molecule is CCCCNC(=O)C(Cc1ccc(OCCN2CCN(C)CC2)cc1)NC(=O)c1ccc(Cl)cc1. The smallest absolute Gasteiger partial charge is 0.251 e. The highest BCUT2D eigenvalue weighted by molar-refractivity contribution is 6.30. The van der Waals surface area contributed by atoms with Gasteiger partial charge in [0.1, 0.15) is 18.4 Å². The summed E-state index contributed by atoms with van der Waals surface area (Å²) in [5.41, 5.74) is 1.41. The Morgan fingerprint density at radius 3 is 2.37 bits per heavy atom. The highest BCUT2D eigenvalue weighted by Crippen LogP contribution is 2.15. The van der Waals surface area contributed by atoms with E-state index >= 15 is 0 Å². The van der Waals surface area contributed by atoms with E-state index in [1.807, 2.05) is 24.3 Å². The summed E-state index contributed by atoms with van der Waals surface area (Å²) in [6, 6.07) is 13.7. The number of carbonyl (C=O) groups excluding carboxylic acids is 2. The Morgan fingerprint density at radius 1 is 1.03 bits per heavy atom. The second-order valence-electron chi connectivity index (χ2n) is 9.02. The number of nitrogens with one attached hydrogen (secondary N) is 2. The van der Waals surface area contributed by atoms with Gasteiger partial charge in [-0.15, -0.1) is 0 Å². The molecule has 0 spiro atoms. The minimum Gasteiger partial charge on any atom is -0.492 e. The van der Waals surface area contributed by atoms with Gasteiger partial charge in [0.2, 0.25) is 5.91 Å². The van der Waals surface area contributed by atoms with Crippen molar-refractivity contribution in [2.45, 2.75) is 32.2 Å². The summed E-state index contributed by atoms with van der Waals surface area (Å²) in [7, 11) is 2.15. The number of carbonyl (C=O) groups is 2. The molecular weight excluding hydrogens is 464 g/mol. The first-order valence-electron chi connectivity index (χ1n) is 12.4. The summed E-state index contributed by atoms with van der Waals surface area (Å²) in [5.74, 6) is 0.312. The number of ether oxygens (including phenoxy) is 1. The van der Waals surface area contributed by atoms with Crippen molar-refractivity contribution in [1.29, 1.82) is 0 Å². The third kappa shape index (κ3) is 9.17. The van der Waals surface area contributed by atoms with Crippen molar-refractivity contribution in [1.82, 2.24) is 20.4 Å². The molecule has 0 bridgehead atoms. The summed E-state index contributed by atoms with van der Waals surface area (Å²) in [4.78, 5) is 30.3. The fourth-order valence-electron chi connectivity index (χ4n) is 3.89. The van der Waals surface area contributed by atoms with Crippen LogP contribution in [0.2, 0.25) is 5.02 Å². The molecule has 1 aliphatic heterocycles. The molecule has 0 aromatic heterocycles. The van der Waals surface area contributed by atoms with Gasteiger partial charge in [0.05, 0.1) is 0 Å². The molecule has 190 valence electrons. The van der Waals surface area contributed by atoms with Crippen molar-refractivity contribution >= 4 is 23.4 Å². The highest BCUT2D eigenvalue weighted by Gasteiger charge is 2.22. The number of piperazine rings is 1. The molecule has 2 aromatic rings. The summed E-state index contributed by atoms with van der Waals surface area (Å²) < 4.78 is 5.93. The van der Waals surface area contributed by atoms with E-state index in [1.165, 1.54) is 0 Å². The van der Waals surface area contributed by atoms with Gasteiger partial charge in [-0.3, -0.25) is 14.5 Å². The van der Waals surface area contributed by atoms with E-state index in [9.17, 15) is 9.59 Å². The number of amides is 2. The van der Waals surface area contributed by atoms with Gasteiger partial charge >= 0.3 is 0 Å². The van der Waals surface area contributed by atoms with Crippen molar-refractivity contribution in [2.75, 3.05) is 52.9 Å². The van der Waals surface area contributed by atoms with Crippen LogP contribution in [0.25, 0.3) is 0 Å².